The normalized spacial score (nSPS) is 13.7. The molecule has 0 amide bonds. The zero-order valence-electron chi connectivity index (χ0n) is 21.1. The molecule has 2 aromatic rings. The smallest absolute Gasteiger partial charge is 0.311 e. The molecule has 0 bridgehead atoms. The molecule has 0 saturated carbocycles. The number of esters is 1. The van der Waals surface area contributed by atoms with Gasteiger partial charge in [0.2, 0.25) is 7.37 Å². The molecule has 182 valence electrons. The first-order valence-corrected chi connectivity index (χ1v) is 13.6. The summed E-state index contributed by atoms with van der Waals surface area (Å²) in [5.41, 5.74) is 5.71. The highest BCUT2D eigenvalue weighted by atomic mass is 31.2. The number of carbonyl (C=O) groups is 1. The van der Waals surface area contributed by atoms with Gasteiger partial charge in [-0.15, -0.1) is 0 Å². The Kier molecular flexibility index (Phi) is 8.95. The molecule has 0 saturated heterocycles. The van der Waals surface area contributed by atoms with Gasteiger partial charge in [-0.05, 0) is 92.8 Å². The van der Waals surface area contributed by atoms with Crippen molar-refractivity contribution in [2.75, 3.05) is 12.8 Å². The Balaban J connectivity index is 2.05. The van der Waals surface area contributed by atoms with Crippen LogP contribution in [0.25, 0.3) is 0 Å². The zero-order valence-corrected chi connectivity index (χ0v) is 22.0. The highest BCUT2D eigenvalue weighted by Crippen LogP contribution is 2.45. The van der Waals surface area contributed by atoms with Crippen LogP contribution in [0, 0.1) is 19.3 Å². The van der Waals surface area contributed by atoms with E-state index in [0.29, 0.717) is 12.2 Å². The summed E-state index contributed by atoms with van der Waals surface area (Å²) in [7, 11) is -3.38. The minimum atomic E-state index is -3.38. The predicted octanol–water partition coefficient (Wildman–Crippen LogP) is 6.47. The fourth-order valence-corrected chi connectivity index (χ4v) is 5.43. The minimum Gasteiger partial charge on any atom is -0.508 e. The first-order valence-electron chi connectivity index (χ1n) is 11.6. The number of phenols is 1. The second kappa shape index (κ2) is 10.9. The third-order valence-corrected chi connectivity index (χ3v) is 7.65. The molecule has 1 atom stereocenters. The van der Waals surface area contributed by atoms with Gasteiger partial charge in [0.05, 0.1) is 12.0 Å². The van der Waals surface area contributed by atoms with E-state index in [1.54, 1.807) is 26.8 Å². The van der Waals surface area contributed by atoms with Crippen LogP contribution in [-0.4, -0.2) is 28.7 Å². The van der Waals surface area contributed by atoms with Gasteiger partial charge in [-0.1, -0.05) is 38.1 Å². The van der Waals surface area contributed by atoms with E-state index in [2.05, 4.69) is 19.9 Å². The van der Waals surface area contributed by atoms with Crippen LogP contribution in [0.3, 0.4) is 0 Å². The topological polar surface area (TPSA) is 83.8 Å². The van der Waals surface area contributed by atoms with Gasteiger partial charge < -0.3 is 14.7 Å². The lowest BCUT2D eigenvalue weighted by Gasteiger charge is -2.18. The van der Waals surface area contributed by atoms with Gasteiger partial charge in [0.1, 0.15) is 5.75 Å². The Labute approximate surface area is 198 Å². The van der Waals surface area contributed by atoms with Crippen molar-refractivity contribution in [2.24, 2.45) is 5.41 Å². The number of hydrogen-bond donors (Lipinski definition) is 2. The van der Waals surface area contributed by atoms with E-state index in [0.717, 1.165) is 34.2 Å². The Bertz CT molecular complexity index is 1010. The van der Waals surface area contributed by atoms with Gasteiger partial charge in [0.25, 0.3) is 0 Å². The first-order chi connectivity index (χ1) is 15.2. The Morgan fingerprint density at radius 2 is 1.67 bits per heavy atom. The molecule has 0 heterocycles. The maximum Gasteiger partial charge on any atom is 0.311 e. The highest BCUT2D eigenvalue weighted by Gasteiger charge is 2.24. The number of aromatic hydroxyl groups is 1. The van der Waals surface area contributed by atoms with Crippen LogP contribution in [0.1, 0.15) is 80.3 Å². The van der Waals surface area contributed by atoms with E-state index in [9.17, 15) is 19.4 Å². The van der Waals surface area contributed by atoms with Crippen molar-refractivity contribution in [1.82, 2.24) is 0 Å². The highest BCUT2D eigenvalue weighted by molar-refractivity contribution is 7.57. The quantitative estimate of drug-likeness (QED) is 0.247. The third-order valence-electron chi connectivity index (χ3n) is 5.78. The van der Waals surface area contributed by atoms with Gasteiger partial charge in [-0.3, -0.25) is 9.36 Å². The molecule has 0 spiro atoms. The molecule has 2 aromatic carbocycles. The standard InChI is InChI=1S/C27H39O5P/c1-18(2)23-15-21(9-10-25(23)28)16-24-19(3)13-22(14-20(24)4)17-33(30,31)12-8-11-32-26(29)27(5,6)7/h9-10,13-15,18,28H,8,11-12,16-17H2,1-7H3,(H,30,31). The maximum absolute atomic E-state index is 12.7. The monoisotopic (exact) mass is 474 g/mol. The Morgan fingerprint density at radius 3 is 2.21 bits per heavy atom. The van der Waals surface area contributed by atoms with Gasteiger partial charge >= 0.3 is 5.97 Å². The number of hydrogen-bond acceptors (Lipinski definition) is 4. The lowest BCUT2D eigenvalue weighted by molar-refractivity contribution is -0.152. The number of phenolic OH excluding ortho intramolecular Hbond substituents is 1. The average Bonchev–Trinajstić information content (AvgIpc) is 2.67. The molecule has 0 aromatic heterocycles. The van der Waals surface area contributed by atoms with Gasteiger partial charge in [-0.25, -0.2) is 0 Å². The summed E-state index contributed by atoms with van der Waals surface area (Å²) in [6.07, 6.45) is 1.34. The summed E-state index contributed by atoms with van der Waals surface area (Å²) in [4.78, 5) is 22.3. The SMILES string of the molecule is Cc1cc(CP(=O)(O)CCCOC(=O)C(C)(C)C)cc(C)c1Cc1ccc(O)c(C(C)C)c1. The molecule has 33 heavy (non-hydrogen) atoms. The Hall–Kier alpha value is -2.10. The molecule has 2 N–H and O–H groups in total. The zero-order chi connectivity index (χ0) is 25.0. The van der Waals surface area contributed by atoms with Crippen molar-refractivity contribution in [2.45, 2.75) is 73.4 Å². The molecular weight excluding hydrogens is 435 g/mol. The van der Waals surface area contributed by atoms with E-state index in [-0.39, 0.29) is 30.8 Å². The van der Waals surface area contributed by atoms with Gasteiger partial charge in [0, 0.05) is 12.3 Å². The van der Waals surface area contributed by atoms with Crippen LogP contribution in [-0.2, 0) is 26.7 Å². The van der Waals surface area contributed by atoms with Crippen molar-refractivity contribution >= 4 is 13.3 Å². The second-order valence-electron chi connectivity index (χ2n) is 10.4. The van der Waals surface area contributed by atoms with Crippen LogP contribution < -0.4 is 0 Å². The Morgan fingerprint density at radius 1 is 1.06 bits per heavy atom. The van der Waals surface area contributed by atoms with Crippen LogP contribution in [0.5, 0.6) is 5.75 Å². The lowest BCUT2D eigenvalue weighted by Crippen LogP contribution is -2.23. The lowest BCUT2D eigenvalue weighted by atomic mass is 9.92. The third kappa shape index (κ3) is 8.01. The summed E-state index contributed by atoms with van der Waals surface area (Å²) in [6.45, 7) is 13.7. The molecule has 0 aliphatic carbocycles. The number of aryl methyl sites for hydroxylation is 2. The van der Waals surface area contributed by atoms with Crippen molar-refractivity contribution in [3.63, 3.8) is 0 Å². The van der Waals surface area contributed by atoms with E-state index in [1.165, 1.54) is 5.56 Å². The molecule has 1 unspecified atom stereocenters. The number of benzene rings is 2. The largest absolute Gasteiger partial charge is 0.508 e. The summed E-state index contributed by atoms with van der Waals surface area (Å²) in [5, 5.41) is 10.1. The fraction of sp³-hybridized carbons (Fsp3) is 0.519. The van der Waals surface area contributed by atoms with Crippen molar-refractivity contribution in [3.8, 4) is 5.75 Å². The molecule has 2 rings (SSSR count). The first kappa shape index (κ1) is 27.1. The van der Waals surface area contributed by atoms with Gasteiger partial charge in [-0.2, -0.15) is 0 Å². The maximum atomic E-state index is 12.7. The molecule has 0 fully saturated rings. The minimum absolute atomic E-state index is 0.110. The summed E-state index contributed by atoms with van der Waals surface area (Å²) < 4.78 is 18.0. The molecule has 6 heteroatoms. The van der Waals surface area contributed by atoms with Gasteiger partial charge in [0.15, 0.2) is 0 Å². The molecule has 5 nitrogen and oxygen atoms in total. The molecule has 0 aliphatic heterocycles. The van der Waals surface area contributed by atoms with E-state index in [1.807, 2.05) is 32.0 Å². The number of ether oxygens (including phenoxy) is 1. The van der Waals surface area contributed by atoms with E-state index >= 15 is 0 Å². The average molecular weight is 475 g/mol. The molecule has 0 radical (unpaired) electrons. The summed E-state index contributed by atoms with van der Waals surface area (Å²) >= 11 is 0. The fourth-order valence-electron chi connectivity index (χ4n) is 3.89. The van der Waals surface area contributed by atoms with Crippen molar-refractivity contribution in [1.29, 1.82) is 0 Å². The van der Waals surface area contributed by atoms with Crippen LogP contribution in [0.4, 0.5) is 0 Å². The number of rotatable bonds is 9. The van der Waals surface area contributed by atoms with Crippen LogP contribution >= 0.6 is 7.37 Å². The summed E-state index contributed by atoms with van der Waals surface area (Å²) in [6, 6.07) is 9.75. The van der Waals surface area contributed by atoms with Crippen molar-refractivity contribution in [3.05, 3.63) is 63.7 Å². The summed E-state index contributed by atoms with van der Waals surface area (Å²) in [5.74, 6) is 0.265. The van der Waals surface area contributed by atoms with Crippen molar-refractivity contribution < 1.29 is 24.1 Å². The van der Waals surface area contributed by atoms with E-state index < -0.39 is 12.8 Å². The predicted molar refractivity (Wildman–Crippen MR) is 134 cm³/mol. The second-order valence-corrected chi connectivity index (χ2v) is 12.9. The molecular formula is C27H39O5P. The van der Waals surface area contributed by atoms with E-state index in [4.69, 9.17) is 4.74 Å². The number of carbonyl (C=O) groups excluding carboxylic acids is 1. The molecule has 0 aliphatic rings. The van der Waals surface area contributed by atoms with Crippen LogP contribution in [0.2, 0.25) is 0 Å². The van der Waals surface area contributed by atoms with Crippen LogP contribution in [0.15, 0.2) is 30.3 Å².